The third-order valence-corrected chi connectivity index (χ3v) is 4.05. The number of phenols is 1. The van der Waals surface area contributed by atoms with Gasteiger partial charge in [0.05, 0.1) is 0 Å². The highest BCUT2D eigenvalue weighted by atomic mass is 16.5. The zero-order valence-electron chi connectivity index (χ0n) is 11.1. The Morgan fingerprint density at radius 1 is 1.25 bits per heavy atom. The second-order valence-corrected chi connectivity index (χ2v) is 5.31. The predicted octanol–water partition coefficient (Wildman–Crippen LogP) is 1.91. The van der Waals surface area contributed by atoms with Crippen LogP contribution < -0.4 is 10.1 Å². The van der Waals surface area contributed by atoms with Crippen LogP contribution in [0.1, 0.15) is 18.9 Å². The van der Waals surface area contributed by atoms with Crippen LogP contribution in [0.2, 0.25) is 0 Å². The normalized spacial score (nSPS) is 19.4. The molecule has 0 spiro atoms. The number of ether oxygens (including phenoxy) is 1. The third kappa shape index (κ3) is 1.43. The first-order chi connectivity index (χ1) is 9.63. The number of hydrogen-bond donors (Lipinski definition) is 2. The minimum atomic E-state index is 0.260. The molecule has 3 N–H and O–H groups in total. The van der Waals surface area contributed by atoms with E-state index in [9.17, 15) is 5.11 Å². The fourth-order valence-electron chi connectivity index (χ4n) is 3.01. The van der Waals surface area contributed by atoms with Crippen LogP contribution in [0.3, 0.4) is 0 Å². The number of fused-ring (bicyclic) bond motifs is 3. The smallest absolute Gasteiger partial charge is 0.196 e. The van der Waals surface area contributed by atoms with Gasteiger partial charge in [0.25, 0.3) is 0 Å². The molecule has 0 radical (unpaired) electrons. The molecule has 0 unspecified atom stereocenters. The number of nitrogens with two attached hydrogens (primary N) is 1. The minimum absolute atomic E-state index is 0.260. The van der Waals surface area contributed by atoms with Crippen molar-refractivity contribution in [2.24, 2.45) is 0 Å². The maximum absolute atomic E-state index is 9.65. The molecule has 0 fully saturated rings. The topological polar surface area (TPSA) is 55.0 Å². The monoisotopic (exact) mass is 264 g/mol. The SMILES string of the molecule is CC1=C2CC3=CC(=[NH2+])C=CC3=C2Oc2ccc(O)cc21. The predicted molar refractivity (Wildman–Crippen MR) is 77.1 cm³/mol. The van der Waals surface area contributed by atoms with Gasteiger partial charge >= 0.3 is 0 Å². The van der Waals surface area contributed by atoms with Crippen molar-refractivity contribution in [1.29, 1.82) is 0 Å². The van der Waals surface area contributed by atoms with Gasteiger partial charge in [0, 0.05) is 35.3 Å². The summed E-state index contributed by atoms with van der Waals surface area (Å²) in [5.74, 6) is 1.98. The Labute approximate surface area is 116 Å². The maximum atomic E-state index is 9.65. The molecule has 1 aromatic rings. The Kier molecular flexibility index (Phi) is 2.11. The van der Waals surface area contributed by atoms with Crippen molar-refractivity contribution in [2.75, 3.05) is 0 Å². The summed E-state index contributed by atoms with van der Waals surface area (Å²) >= 11 is 0. The second-order valence-electron chi connectivity index (χ2n) is 5.31. The van der Waals surface area contributed by atoms with Gasteiger partial charge < -0.3 is 9.84 Å². The zero-order valence-corrected chi connectivity index (χ0v) is 11.1. The van der Waals surface area contributed by atoms with E-state index in [4.69, 9.17) is 10.1 Å². The zero-order chi connectivity index (χ0) is 13.9. The Morgan fingerprint density at radius 2 is 2.10 bits per heavy atom. The van der Waals surface area contributed by atoms with E-state index in [2.05, 4.69) is 6.92 Å². The number of rotatable bonds is 0. The molecule has 2 aliphatic carbocycles. The van der Waals surface area contributed by atoms with E-state index in [0.717, 1.165) is 40.4 Å². The fraction of sp³-hybridized carbons (Fsp3) is 0.118. The summed E-state index contributed by atoms with van der Waals surface area (Å²) in [6.07, 6.45) is 6.76. The Balaban J connectivity index is 1.95. The summed E-state index contributed by atoms with van der Waals surface area (Å²) < 4.78 is 6.05. The molecule has 1 heterocycles. The second kappa shape index (κ2) is 3.73. The van der Waals surface area contributed by atoms with E-state index < -0.39 is 0 Å². The van der Waals surface area contributed by atoms with Crippen LogP contribution in [0.4, 0.5) is 0 Å². The highest BCUT2D eigenvalue weighted by Gasteiger charge is 2.33. The highest BCUT2D eigenvalue weighted by molar-refractivity contribution is 6.03. The Bertz CT molecular complexity index is 791. The summed E-state index contributed by atoms with van der Waals surface area (Å²) in [4.78, 5) is 0. The number of hydrogen-bond acceptors (Lipinski definition) is 2. The quantitative estimate of drug-likeness (QED) is 0.752. The van der Waals surface area contributed by atoms with Crippen molar-refractivity contribution < 1.29 is 15.3 Å². The molecule has 20 heavy (non-hydrogen) atoms. The first kappa shape index (κ1) is 11.3. The summed E-state index contributed by atoms with van der Waals surface area (Å²) in [6, 6.07) is 5.22. The van der Waals surface area contributed by atoms with Gasteiger partial charge in [0.1, 0.15) is 17.3 Å². The van der Waals surface area contributed by atoms with E-state index in [1.54, 1.807) is 12.1 Å². The molecule has 0 bridgehead atoms. The maximum Gasteiger partial charge on any atom is 0.196 e. The standard InChI is InChI=1S/C17H13NO2/c1-9-14-8-12(19)3-5-16(14)20-17-13-4-2-11(18)6-10(13)7-15(9)17/h2-6,8,18-19H,7H2,1H3/p+1. The van der Waals surface area contributed by atoms with Gasteiger partial charge in [-0.15, -0.1) is 0 Å². The minimum Gasteiger partial charge on any atom is -0.508 e. The first-order valence-electron chi connectivity index (χ1n) is 6.60. The van der Waals surface area contributed by atoms with Crippen molar-refractivity contribution in [2.45, 2.75) is 13.3 Å². The molecule has 0 aromatic heterocycles. The number of aromatic hydroxyl groups is 1. The molecule has 0 saturated heterocycles. The highest BCUT2D eigenvalue weighted by Crippen LogP contribution is 2.48. The number of benzene rings is 1. The molecule has 3 heteroatoms. The average Bonchev–Trinajstić information content (AvgIpc) is 2.78. The van der Waals surface area contributed by atoms with Crippen LogP contribution in [-0.4, -0.2) is 10.8 Å². The van der Waals surface area contributed by atoms with Crippen LogP contribution in [0.5, 0.6) is 11.5 Å². The summed E-state index contributed by atoms with van der Waals surface area (Å²) in [7, 11) is 0. The van der Waals surface area contributed by atoms with Gasteiger partial charge in [-0.25, -0.2) is 0 Å². The van der Waals surface area contributed by atoms with Gasteiger partial charge in [0.2, 0.25) is 0 Å². The lowest BCUT2D eigenvalue weighted by Gasteiger charge is -2.22. The molecule has 0 amide bonds. The van der Waals surface area contributed by atoms with Crippen LogP contribution >= 0.6 is 0 Å². The molecule has 1 aliphatic heterocycles. The van der Waals surface area contributed by atoms with E-state index in [-0.39, 0.29) is 5.75 Å². The lowest BCUT2D eigenvalue weighted by atomic mass is 9.96. The van der Waals surface area contributed by atoms with Crippen molar-refractivity contribution in [1.82, 2.24) is 0 Å². The van der Waals surface area contributed by atoms with Crippen LogP contribution in [-0.2, 0) is 0 Å². The Hall–Kier alpha value is -2.55. The number of allylic oxidation sites excluding steroid dienone is 7. The molecule has 4 rings (SSSR count). The summed E-state index contributed by atoms with van der Waals surface area (Å²) in [5, 5.41) is 15.5. The van der Waals surface area contributed by atoms with E-state index in [0.29, 0.717) is 0 Å². The first-order valence-corrected chi connectivity index (χ1v) is 6.60. The lowest BCUT2D eigenvalue weighted by Crippen LogP contribution is -2.37. The lowest BCUT2D eigenvalue weighted by molar-refractivity contribution is -0.110. The molecule has 3 aliphatic rings. The van der Waals surface area contributed by atoms with E-state index in [1.807, 2.05) is 24.3 Å². The van der Waals surface area contributed by atoms with Crippen LogP contribution in [0.15, 0.2) is 58.9 Å². The van der Waals surface area contributed by atoms with Crippen LogP contribution in [0, 0.1) is 0 Å². The van der Waals surface area contributed by atoms with Crippen molar-refractivity contribution >= 4 is 11.3 Å². The summed E-state index contributed by atoms with van der Waals surface area (Å²) in [5.41, 5.74) is 6.40. The molecule has 0 atom stereocenters. The van der Waals surface area contributed by atoms with E-state index in [1.165, 1.54) is 11.1 Å². The van der Waals surface area contributed by atoms with Gasteiger partial charge in [-0.3, -0.25) is 5.41 Å². The third-order valence-electron chi connectivity index (χ3n) is 4.05. The average molecular weight is 264 g/mol. The Morgan fingerprint density at radius 3 is 2.95 bits per heavy atom. The number of phenolic OH excluding ortho intramolecular Hbond substituents is 1. The van der Waals surface area contributed by atoms with Crippen LogP contribution in [0.25, 0.3) is 5.57 Å². The largest absolute Gasteiger partial charge is 0.508 e. The van der Waals surface area contributed by atoms with Crippen molar-refractivity contribution in [3.8, 4) is 11.5 Å². The van der Waals surface area contributed by atoms with E-state index >= 15 is 0 Å². The molecule has 98 valence electrons. The molecular formula is C17H14NO2+. The van der Waals surface area contributed by atoms with Gasteiger partial charge in [0.15, 0.2) is 5.71 Å². The molecular weight excluding hydrogens is 250 g/mol. The van der Waals surface area contributed by atoms with Gasteiger partial charge in [-0.05, 0) is 42.3 Å². The summed E-state index contributed by atoms with van der Waals surface area (Å²) in [6.45, 7) is 2.07. The molecule has 1 aromatic carbocycles. The van der Waals surface area contributed by atoms with Crippen molar-refractivity contribution in [3.05, 3.63) is 64.5 Å². The molecule has 0 saturated carbocycles. The molecule has 3 nitrogen and oxygen atoms in total. The van der Waals surface area contributed by atoms with Gasteiger partial charge in [-0.2, -0.15) is 0 Å². The van der Waals surface area contributed by atoms with Crippen molar-refractivity contribution in [3.63, 3.8) is 0 Å². The van der Waals surface area contributed by atoms with Gasteiger partial charge in [-0.1, -0.05) is 0 Å². The fourth-order valence-corrected chi connectivity index (χ4v) is 3.01.